The molecule has 3 aromatic rings. The van der Waals surface area contributed by atoms with Gasteiger partial charge in [0.15, 0.2) is 0 Å². The Hall–Kier alpha value is -3.69. The number of nitrogens with one attached hydrogen (secondary N) is 2. The van der Waals surface area contributed by atoms with Crippen LogP contribution >= 0.6 is 0 Å². The highest BCUT2D eigenvalue weighted by atomic mass is 32.2. The van der Waals surface area contributed by atoms with Crippen LogP contribution in [0, 0.1) is 0 Å². The third kappa shape index (κ3) is 6.43. The maximum atomic E-state index is 12.9. The second kappa shape index (κ2) is 11.0. The van der Waals surface area contributed by atoms with Crippen molar-refractivity contribution in [2.45, 2.75) is 17.9 Å². The number of sulfonamides is 1. The number of nitrogens with zero attached hydrogens (tertiary/aromatic N) is 1. The Morgan fingerprint density at radius 2 is 1.65 bits per heavy atom. The van der Waals surface area contributed by atoms with E-state index in [1.807, 2.05) is 30.3 Å². The van der Waals surface area contributed by atoms with Crippen molar-refractivity contribution in [2.75, 3.05) is 26.0 Å². The fraction of sp³-hybridized carbons (Fsp3) is 0.200. The zero-order valence-corrected chi connectivity index (χ0v) is 20.0. The standard InChI is InChI=1S/C25H27N3O5S/c1-18(19-8-5-4-6-9-19)27-34(31,32)23-11-7-10-20(16-23)25(30)28(2)17-24(29)26-21-12-14-22(33-3)15-13-21/h4-16,18,27H,17H2,1-3H3,(H,26,29). The Morgan fingerprint density at radius 3 is 2.29 bits per heavy atom. The molecule has 8 nitrogen and oxygen atoms in total. The average Bonchev–Trinajstić information content (AvgIpc) is 2.84. The molecule has 0 radical (unpaired) electrons. The summed E-state index contributed by atoms with van der Waals surface area (Å²) in [6.07, 6.45) is 0. The van der Waals surface area contributed by atoms with Crippen LogP contribution in [0.1, 0.15) is 28.9 Å². The lowest BCUT2D eigenvalue weighted by Crippen LogP contribution is -2.35. The van der Waals surface area contributed by atoms with Gasteiger partial charge in [0, 0.05) is 24.3 Å². The van der Waals surface area contributed by atoms with E-state index in [0.717, 1.165) is 5.56 Å². The van der Waals surface area contributed by atoms with E-state index in [1.54, 1.807) is 38.3 Å². The van der Waals surface area contributed by atoms with Crippen LogP contribution in [-0.2, 0) is 14.8 Å². The lowest BCUT2D eigenvalue weighted by molar-refractivity contribution is -0.116. The molecule has 0 aliphatic carbocycles. The van der Waals surface area contributed by atoms with Gasteiger partial charge < -0.3 is 15.0 Å². The van der Waals surface area contributed by atoms with Gasteiger partial charge in [0.1, 0.15) is 5.75 Å². The number of likely N-dealkylation sites (N-methyl/N-ethyl adjacent to an activating group) is 1. The van der Waals surface area contributed by atoms with Gasteiger partial charge in [-0.15, -0.1) is 0 Å². The number of anilines is 1. The zero-order valence-electron chi connectivity index (χ0n) is 19.2. The summed E-state index contributed by atoms with van der Waals surface area (Å²) in [5.41, 5.74) is 1.55. The third-order valence-electron chi connectivity index (χ3n) is 5.12. The van der Waals surface area contributed by atoms with E-state index in [-0.39, 0.29) is 22.9 Å². The van der Waals surface area contributed by atoms with Crippen molar-refractivity contribution in [1.82, 2.24) is 9.62 Å². The fourth-order valence-electron chi connectivity index (χ4n) is 3.29. The van der Waals surface area contributed by atoms with Crippen molar-refractivity contribution in [3.8, 4) is 5.75 Å². The Kier molecular flexibility index (Phi) is 8.04. The minimum atomic E-state index is -3.87. The molecular weight excluding hydrogens is 454 g/mol. The first kappa shape index (κ1) is 24.9. The summed E-state index contributed by atoms with van der Waals surface area (Å²) >= 11 is 0. The molecule has 0 aliphatic rings. The number of rotatable bonds is 9. The Balaban J connectivity index is 1.66. The first-order valence-electron chi connectivity index (χ1n) is 10.6. The van der Waals surface area contributed by atoms with E-state index in [0.29, 0.717) is 11.4 Å². The lowest BCUT2D eigenvalue weighted by Gasteiger charge is -2.18. The number of carbonyl (C=O) groups is 2. The van der Waals surface area contributed by atoms with E-state index in [9.17, 15) is 18.0 Å². The van der Waals surface area contributed by atoms with Crippen molar-refractivity contribution in [3.05, 3.63) is 90.0 Å². The normalized spacial score (nSPS) is 12.0. The number of hydrogen-bond donors (Lipinski definition) is 2. The number of methoxy groups -OCH3 is 1. The van der Waals surface area contributed by atoms with Gasteiger partial charge in [-0.2, -0.15) is 0 Å². The summed E-state index contributed by atoms with van der Waals surface area (Å²) in [6, 6.07) is 21.3. The van der Waals surface area contributed by atoms with Crippen molar-refractivity contribution in [1.29, 1.82) is 0 Å². The molecule has 0 spiro atoms. The molecule has 34 heavy (non-hydrogen) atoms. The molecule has 0 heterocycles. The molecule has 2 N–H and O–H groups in total. The molecule has 0 fully saturated rings. The highest BCUT2D eigenvalue weighted by Gasteiger charge is 2.21. The molecule has 178 valence electrons. The quantitative estimate of drug-likeness (QED) is 0.487. The van der Waals surface area contributed by atoms with E-state index in [1.165, 1.54) is 36.2 Å². The summed E-state index contributed by atoms with van der Waals surface area (Å²) in [5.74, 6) is -0.200. The van der Waals surface area contributed by atoms with Crippen LogP contribution in [0.25, 0.3) is 0 Å². The molecule has 0 aliphatic heterocycles. The van der Waals surface area contributed by atoms with E-state index in [2.05, 4.69) is 10.0 Å². The second-order valence-corrected chi connectivity index (χ2v) is 9.43. The van der Waals surface area contributed by atoms with Gasteiger partial charge in [-0.05, 0) is 55.0 Å². The van der Waals surface area contributed by atoms with Crippen LogP contribution in [0.4, 0.5) is 5.69 Å². The van der Waals surface area contributed by atoms with Gasteiger partial charge in [0.25, 0.3) is 5.91 Å². The number of carbonyl (C=O) groups excluding carboxylic acids is 2. The largest absolute Gasteiger partial charge is 0.497 e. The summed E-state index contributed by atoms with van der Waals surface area (Å²) in [4.78, 5) is 26.4. The Labute approximate surface area is 199 Å². The number of hydrogen-bond acceptors (Lipinski definition) is 5. The highest BCUT2D eigenvalue weighted by molar-refractivity contribution is 7.89. The average molecular weight is 482 g/mol. The molecule has 2 amide bonds. The van der Waals surface area contributed by atoms with Crippen LogP contribution in [0.2, 0.25) is 0 Å². The van der Waals surface area contributed by atoms with Crippen molar-refractivity contribution in [3.63, 3.8) is 0 Å². The van der Waals surface area contributed by atoms with Crippen LogP contribution in [0.3, 0.4) is 0 Å². The summed E-state index contributed by atoms with van der Waals surface area (Å²) < 4.78 is 33.5. The monoisotopic (exact) mass is 481 g/mol. The van der Waals surface area contributed by atoms with Crippen LogP contribution in [0.15, 0.2) is 83.8 Å². The third-order valence-corrected chi connectivity index (χ3v) is 6.66. The molecule has 9 heteroatoms. The topological polar surface area (TPSA) is 105 Å². The molecule has 1 unspecified atom stereocenters. The van der Waals surface area contributed by atoms with Crippen molar-refractivity contribution < 1.29 is 22.7 Å². The minimum absolute atomic E-state index is 0.0304. The number of amides is 2. The van der Waals surface area contributed by atoms with Gasteiger partial charge in [-0.25, -0.2) is 13.1 Å². The number of benzene rings is 3. The molecule has 0 saturated heterocycles. The van der Waals surface area contributed by atoms with Crippen LogP contribution < -0.4 is 14.8 Å². The Bertz CT molecular complexity index is 1250. The zero-order chi connectivity index (χ0) is 24.7. The van der Waals surface area contributed by atoms with E-state index >= 15 is 0 Å². The summed E-state index contributed by atoms with van der Waals surface area (Å²) in [7, 11) is -0.840. The summed E-state index contributed by atoms with van der Waals surface area (Å²) in [6.45, 7) is 1.54. The SMILES string of the molecule is COc1ccc(NC(=O)CN(C)C(=O)c2cccc(S(=O)(=O)NC(C)c3ccccc3)c2)cc1. The van der Waals surface area contributed by atoms with Gasteiger partial charge in [-0.3, -0.25) is 9.59 Å². The first-order chi connectivity index (χ1) is 16.2. The molecule has 0 bridgehead atoms. The predicted molar refractivity (Wildman–Crippen MR) is 130 cm³/mol. The number of ether oxygens (including phenoxy) is 1. The predicted octanol–water partition coefficient (Wildman–Crippen LogP) is 3.45. The van der Waals surface area contributed by atoms with Gasteiger partial charge in [0.2, 0.25) is 15.9 Å². The molecular formula is C25H27N3O5S. The minimum Gasteiger partial charge on any atom is -0.497 e. The molecule has 0 aromatic heterocycles. The maximum absolute atomic E-state index is 12.9. The highest BCUT2D eigenvalue weighted by Crippen LogP contribution is 2.19. The smallest absolute Gasteiger partial charge is 0.254 e. The summed E-state index contributed by atoms with van der Waals surface area (Å²) in [5, 5.41) is 2.71. The molecule has 0 saturated carbocycles. The van der Waals surface area contributed by atoms with Gasteiger partial charge >= 0.3 is 0 Å². The van der Waals surface area contributed by atoms with Crippen LogP contribution in [0.5, 0.6) is 5.75 Å². The molecule has 3 rings (SSSR count). The van der Waals surface area contributed by atoms with Gasteiger partial charge in [-0.1, -0.05) is 36.4 Å². The van der Waals surface area contributed by atoms with Crippen molar-refractivity contribution in [2.24, 2.45) is 0 Å². The second-order valence-electron chi connectivity index (χ2n) is 7.72. The fourth-order valence-corrected chi connectivity index (χ4v) is 4.57. The Morgan fingerprint density at radius 1 is 0.971 bits per heavy atom. The van der Waals surface area contributed by atoms with Crippen LogP contribution in [-0.4, -0.2) is 45.8 Å². The van der Waals surface area contributed by atoms with Gasteiger partial charge in [0.05, 0.1) is 18.6 Å². The lowest BCUT2D eigenvalue weighted by atomic mass is 10.1. The van der Waals surface area contributed by atoms with Crippen molar-refractivity contribution >= 4 is 27.5 Å². The first-order valence-corrected chi connectivity index (χ1v) is 12.0. The maximum Gasteiger partial charge on any atom is 0.254 e. The molecule has 3 aromatic carbocycles. The van der Waals surface area contributed by atoms with E-state index in [4.69, 9.17) is 4.74 Å². The molecule has 1 atom stereocenters. The van der Waals surface area contributed by atoms with E-state index < -0.39 is 22.0 Å².